The molecule has 0 aromatic rings. The number of carbonyl (C=O) groups is 2. The minimum atomic E-state index is -1.88. The average molecular weight is 674 g/mol. The Labute approximate surface area is 304 Å². The molecular weight excluding hydrogens is 607 g/mol. The summed E-state index contributed by atoms with van der Waals surface area (Å²) in [5.74, 6) is -1.01. The Hall–Kier alpha value is 0.620. The summed E-state index contributed by atoms with van der Waals surface area (Å²) in [7, 11) is -2.73. The first kappa shape index (κ1) is 60.8. The van der Waals surface area contributed by atoms with Gasteiger partial charge in [-0.25, -0.2) is 0 Å². The van der Waals surface area contributed by atoms with E-state index in [0.717, 1.165) is 7.11 Å². The van der Waals surface area contributed by atoms with Crippen LogP contribution in [0.2, 0.25) is 36.3 Å². The molecule has 0 aliphatic rings. The first-order valence-corrected chi connectivity index (χ1v) is 18.4. The van der Waals surface area contributed by atoms with Crippen LogP contribution in [0.25, 0.3) is 0 Å². The van der Waals surface area contributed by atoms with Gasteiger partial charge in [-0.2, -0.15) is 0 Å². The molecule has 246 valence electrons. The van der Waals surface area contributed by atoms with Crippen molar-refractivity contribution in [1.82, 2.24) is 0 Å². The Balaban J connectivity index is -0.0000000751. The van der Waals surface area contributed by atoms with Gasteiger partial charge in [0, 0.05) is 7.11 Å². The zero-order valence-corrected chi connectivity index (χ0v) is 33.0. The topological polar surface area (TPSA) is 132 Å². The van der Waals surface area contributed by atoms with Crippen LogP contribution in [0.3, 0.4) is 0 Å². The number of carboxylic acid groups (broad SMARTS) is 1. The van der Waals surface area contributed by atoms with E-state index in [-0.39, 0.29) is 119 Å². The number of carboxylic acids is 1. The quantitative estimate of drug-likeness (QED) is 0.150. The molecule has 0 aromatic heterocycles. The Morgan fingerprint density at radius 2 is 1.10 bits per heavy atom. The second kappa shape index (κ2) is 29.3. The maximum atomic E-state index is 11.5. The number of aliphatic hydroxyl groups excluding tert-OH is 1. The monoisotopic (exact) mass is 672 g/mol. The molecule has 2 atom stereocenters. The van der Waals surface area contributed by atoms with Gasteiger partial charge in [0.15, 0.2) is 16.6 Å². The van der Waals surface area contributed by atoms with Crippen molar-refractivity contribution in [3.8, 4) is 0 Å². The normalized spacial score (nSPS) is 12.0. The van der Waals surface area contributed by atoms with E-state index in [0.29, 0.717) is 25.9 Å². The van der Waals surface area contributed by atoms with Crippen LogP contribution in [0.5, 0.6) is 0 Å². The van der Waals surface area contributed by atoms with Crippen LogP contribution < -0.4 is 51.4 Å². The maximum absolute atomic E-state index is 11.5. The Morgan fingerprint density at radius 3 is 1.32 bits per heavy atom. The molecule has 0 saturated carbocycles. The largest absolute Gasteiger partial charge is 1.00 e. The number of halogens is 1. The first-order chi connectivity index (χ1) is 16.2. The van der Waals surface area contributed by atoms with E-state index in [1.165, 1.54) is 0 Å². The number of esters is 1. The molecule has 3 N–H and O–H groups in total. The van der Waals surface area contributed by atoms with Gasteiger partial charge < -0.3 is 29.3 Å². The van der Waals surface area contributed by atoms with E-state index in [1.807, 2.05) is 6.92 Å². The average Bonchev–Trinajstić information content (AvgIpc) is 2.67. The van der Waals surface area contributed by atoms with Crippen molar-refractivity contribution in [2.75, 3.05) is 13.7 Å². The minimum absolute atomic E-state index is 0. The van der Waals surface area contributed by atoms with Crippen LogP contribution in [0.15, 0.2) is 25.3 Å². The number of carbonyl (C=O) groups excluding carboxylic acids is 1. The van der Waals surface area contributed by atoms with E-state index < -0.39 is 22.6 Å². The second-order valence-electron chi connectivity index (χ2n) is 11.7. The van der Waals surface area contributed by atoms with Crippen LogP contribution in [0.4, 0.5) is 0 Å². The zero-order valence-electron chi connectivity index (χ0n) is 27.1. The van der Waals surface area contributed by atoms with Gasteiger partial charge in [0.2, 0.25) is 0 Å². The smallest absolute Gasteiger partial charge is 0.870 e. The van der Waals surface area contributed by atoms with Crippen LogP contribution in [-0.2, 0) is 23.2 Å². The van der Waals surface area contributed by atoms with Crippen molar-refractivity contribution in [1.29, 1.82) is 0 Å². The van der Waals surface area contributed by atoms with Gasteiger partial charge in [0.05, 0.1) is 31.7 Å². The molecule has 0 radical (unpaired) electrons. The molecule has 0 spiro atoms. The van der Waals surface area contributed by atoms with Gasteiger partial charge in [-0.05, 0) is 56.0 Å². The number of rotatable bonds is 13. The van der Waals surface area contributed by atoms with Crippen molar-refractivity contribution >= 4 is 41.0 Å². The van der Waals surface area contributed by atoms with Gasteiger partial charge in [-0.3, -0.25) is 9.59 Å². The van der Waals surface area contributed by atoms with E-state index in [2.05, 4.69) is 80.9 Å². The maximum Gasteiger partial charge on any atom is 1.00 e. The van der Waals surface area contributed by atoms with Gasteiger partial charge in [-0.1, -0.05) is 68.5 Å². The molecule has 0 aromatic carbocycles. The van der Waals surface area contributed by atoms with Crippen LogP contribution in [0.1, 0.15) is 89.0 Å². The molecule has 0 unspecified atom stereocenters. The molecule has 0 rings (SSSR count). The van der Waals surface area contributed by atoms with Crippen molar-refractivity contribution < 1.29 is 90.3 Å². The molecule has 0 saturated heterocycles. The molecule has 0 fully saturated rings. The fourth-order valence-electron chi connectivity index (χ4n) is 2.51. The summed E-state index contributed by atoms with van der Waals surface area (Å²) >= 11 is 0. The minimum Gasteiger partial charge on any atom is -0.870 e. The Bertz CT molecular complexity index is 664. The van der Waals surface area contributed by atoms with Gasteiger partial charge >= 0.3 is 63.3 Å². The fourth-order valence-corrected chi connectivity index (χ4v) is 5.24. The summed E-state index contributed by atoms with van der Waals surface area (Å²) in [5.41, 5.74) is 0. The summed E-state index contributed by atoms with van der Waals surface area (Å²) in [6, 6.07) is 0. The molecule has 0 aliphatic carbocycles. The molecule has 0 heterocycles. The van der Waals surface area contributed by atoms with E-state index >= 15 is 0 Å². The predicted octanol–water partition coefficient (Wildman–Crippen LogP) is 5.46. The summed E-state index contributed by atoms with van der Waals surface area (Å²) in [6.45, 7) is 31.2. The van der Waals surface area contributed by atoms with Gasteiger partial charge in [-0.15, -0.1) is 25.6 Å². The third-order valence-corrected chi connectivity index (χ3v) is 15.6. The predicted molar refractivity (Wildman–Crippen MR) is 178 cm³/mol. The third-order valence-electron chi connectivity index (χ3n) is 6.50. The SMILES string of the molecule is C.C.C=CC[C@H](CC(=O)O)O[Si](C)(C)C(C)(C)C.C=CC[C@H](CC(=O)OCC)O[Si](C)(C)C(C)(C)C.CO.Cl.[K+].[OH-]. The first-order valence-electron chi connectivity index (χ1n) is 12.6. The number of aliphatic carboxylic acids is 1. The van der Waals surface area contributed by atoms with E-state index in [4.69, 9.17) is 23.8 Å². The van der Waals surface area contributed by atoms with Crippen molar-refractivity contribution in [3.05, 3.63) is 25.3 Å². The summed E-state index contributed by atoms with van der Waals surface area (Å²) < 4.78 is 17.2. The summed E-state index contributed by atoms with van der Waals surface area (Å²) in [6.07, 6.45) is 4.82. The molecule has 41 heavy (non-hydrogen) atoms. The van der Waals surface area contributed by atoms with Crippen LogP contribution >= 0.6 is 12.4 Å². The standard InChI is InChI=1S/C14H28O3Si.C12H24O3Si.CH4O.2CH4.ClH.K.H2O/c1-8-10-12(11-13(15)16-9-2)17-18(6,7)14(3,4)5;1-7-8-10(9-11(13)14)15-16(5,6)12(2,3)4;1-2;;;;;/h8,12H,1,9-11H2,2-7H3;7,10H,1,8-9H2,2-6H3,(H,13,14);2H,1H3;2*1H4;1H;;1H2/q;;;;;;+1;/p-1/t12-;10-;;;;;;/m11....../s1. The Kier molecular flexibility index (Phi) is 43.5. The van der Waals surface area contributed by atoms with E-state index in [1.54, 1.807) is 12.2 Å². The van der Waals surface area contributed by atoms with Crippen molar-refractivity contribution in [2.45, 2.75) is 137 Å². The van der Waals surface area contributed by atoms with Crippen molar-refractivity contribution in [3.63, 3.8) is 0 Å². The van der Waals surface area contributed by atoms with Crippen molar-refractivity contribution in [2.24, 2.45) is 0 Å². The van der Waals surface area contributed by atoms with Gasteiger partial charge in [0.25, 0.3) is 0 Å². The number of hydrogen-bond acceptors (Lipinski definition) is 7. The van der Waals surface area contributed by atoms with Crippen LogP contribution in [0, 0.1) is 0 Å². The van der Waals surface area contributed by atoms with E-state index in [9.17, 15) is 9.59 Å². The molecule has 0 amide bonds. The Morgan fingerprint density at radius 1 is 0.805 bits per heavy atom. The van der Waals surface area contributed by atoms with Gasteiger partial charge in [0.1, 0.15) is 0 Å². The zero-order chi connectivity index (χ0) is 29.4. The fraction of sp³-hybridized carbons (Fsp3) is 0.793. The number of hydrogen-bond donors (Lipinski definition) is 2. The molecule has 0 aliphatic heterocycles. The van der Waals surface area contributed by atoms with Crippen LogP contribution in [-0.4, -0.2) is 70.2 Å². The third kappa shape index (κ3) is 29.1. The number of aliphatic hydroxyl groups is 1. The summed E-state index contributed by atoms with van der Waals surface area (Å²) in [5, 5.41) is 16.1. The molecule has 0 bridgehead atoms. The molecule has 12 heteroatoms. The second-order valence-corrected chi connectivity index (χ2v) is 21.2. The molecule has 8 nitrogen and oxygen atoms in total. The summed E-state index contributed by atoms with van der Waals surface area (Å²) in [4.78, 5) is 22.3. The number of ether oxygens (including phenoxy) is 1. The molecular formula is C29H66ClKO8Si2.